The van der Waals surface area contributed by atoms with Crippen molar-refractivity contribution in [3.63, 3.8) is 0 Å². The fraction of sp³-hybridized carbons (Fsp3) is 0.250. The van der Waals surface area contributed by atoms with Crippen LogP contribution < -0.4 is 10.5 Å². The van der Waals surface area contributed by atoms with E-state index >= 15 is 0 Å². The Bertz CT molecular complexity index is 392. The number of rotatable bonds is 2. The largest absolute Gasteiger partial charge is 0.399 e. The molecule has 0 atom stereocenters. The van der Waals surface area contributed by atoms with Crippen molar-refractivity contribution in [1.82, 2.24) is 0 Å². The van der Waals surface area contributed by atoms with E-state index in [4.69, 9.17) is 5.73 Å². The highest BCUT2D eigenvalue weighted by molar-refractivity contribution is 7.92. The highest BCUT2D eigenvalue weighted by Gasteiger charge is 2.02. The lowest BCUT2D eigenvalue weighted by Crippen LogP contribution is -2.09. The third-order valence-corrected chi connectivity index (χ3v) is 2.01. The van der Waals surface area contributed by atoms with E-state index in [2.05, 4.69) is 4.72 Å². The van der Waals surface area contributed by atoms with Gasteiger partial charge in [-0.3, -0.25) is 4.72 Å². The normalized spacial score (nSPS) is 11.2. The Hall–Kier alpha value is -1.23. The Morgan fingerprint density at radius 2 is 1.92 bits per heavy atom. The van der Waals surface area contributed by atoms with Crippen LogP contribution in [0.4, 0.5) is 11.4 Å². The molecule has 0 aliphatic rings. The van der Waals surface area contributed by atoms with Gasteiger partial charge in [0.15, 0.2) is 0 Å². The Kier molecular flexibility index (Phi) is 2.47. The van der Waals surface area contributed by atoms with Crippen molar-refractivity contribution >= 4 is 21.4 Å². The zero-order valence-electron chi connectivity index (χ0n) is 7.53. The molecule has 4 nitrogen and oxygen atoms in total. The fourth-order valence-corrected chi connectivity index (χ4v) is 1.63. The van der Waals surface area contributed by atoms with Gasteiger partial charge in [-0.25, -0.2) is 8.42 Å². The summed E-state index contributed by atoms with van der Waals surface area (Å²) >= 11 is 0. The maximum atomic E-state index is 10.9. The van der Waals surface area contributed by atoms with E-state index in [1.165, 1.54) is 0 Å². The number of hydrogen-bond acceptors (Lipinski definition) is 3. The second-order valence-corrected chi connectivity index (χ2v) is 4.76. The number of sulfonamides is 1. The van der Waals surface area contributed by atoms with E-state index in [-0.39, 0.29) is 0 Å². The number of aryl methyl sites for hydroxylation is 1. The average Bonchev–Trinajstić information content (AvgIpc) is 1.78. The lowest BCUT2D eigenvalue weighted by atomic mass is 10.2. The van der Waals surface area contributed by atoms with Crippen LogP contribution in [0.1, 0.15) is 5.56 Å². The standard InChI is InChI=1S/C8H12N2O2S/c1-6-3-7(9)5-8(4-6)10-13(2,11)12/h3-5,10H,9H2,1-2H3. The maximum absolute atomic E-state index is 10.9. The monoisotopic (exact) mass is 200 g/mol. The molecule has 1 aromatic rings. The lowest BCUT2D eigenvalue weighted by molar-refractivity contribution is 0.607. The van der Waals surface area contributed by atoms with Crippen molar-refractivity contribution in [2.24, 2.45) is 0 Å². The van der Waals surface area contributed by atoms with Gasteiger partial charge in [0, 0.05) is 5.69 Å². The topological polar surface area (TPSA) is 72.2 Å². The predicted octanol–water partition coefficient (Wildman–Crippen LogP) is 0.949. The summed E-state index contributed by atoms with van der Waals surface area (Å²) in [5.41, 5.74) is 7.51. The molecule has 5 heteroatoms. The minimum absolute atomic E-state index is 0.500. The van der Waals surface area contributed by atoms with E-state index in [0.717, 1.165) is 11.8 Å². The molecule has 0 amide bonds. The van der Waals surface area contributed by atoms with Gasteiger partial charge >= 0.3 is 0 Å². The molecule has 1 aromatic carbocycles. The van der Waals surface area contributed by atoms with Crippen LogP contribution in [0.15, 0.2) is 18.2 Å². The van der Waals surface area contributed by atoms with Gasteiger partial charge in [0.2, 0.25) is 10.0 Å². The highest BCUT2D eigenvalue weighted by Crippen LogP contribution is 2.16. The molecule has 0 spiro atoms. The third-order valence-electron chi connectivity index (χ3n) is 1.40. The van der Waals surface area contributed by atoms with Crippen LogP contribution >= 0.6 is 0 Å². The molecule has 1 rings (SSSR count). The molecule has 0 fully saturated rings. The molecular weight excluding hydrogens is 188 g/mol. The molecule has 0 saturated heterocycles. The second-order valence-electron chi connectivity index (χ2n) is 3.01. The van der Waals surface area contributed by atoms with Gasteiger partial charge in [-0.05, 0) is 30.7 Å². The highest BCUT2D eigenvalue weighted by atomic mass is 32.2. The van der Waals surface area contributed by atoms with Crippen LogP contribution in [0.25, 0.3) is 0 Å². The minimum Gasteiger partial charge on any atom is -0.399 e. The van der Waals surface area contributed by atoms with Crippen molar-refractivity contribution in [1.29, 1.82) is 0 Å². The number of hydrogen-bond donors (Lipinski definition) is 2. The number of nitrogen functional groups attached to an aromatic ring is 1. The van der Waals surface area contributed by atoms with Crippen LogP contribution in [0, 0.1) is 6.92 Å². The fourth-order valence-electron chi connectivity index (χ4n) is 1.09. The summed E-state index contributed by atoms with van der Waals surface area (Å²) < 4.78 is 24.1. The summed E-state index contributed by atoms with van der Waals surface area (Å²) in [4.78, 5) is 0. The Labute approximate surface area is 77.8 Å². The van der Waals surface area contributed by atoms with Gasteiger partial charge < -0.3 is 5.73 Å². The molecule has 72 valence electrons. The van der Waals surface area contributed by atoms with Crippen molar-refractivity contribution < 1.29 is 8.42 Å². The molecular formula is C8H12N2O2S. The molecule has 0 heterocycles. The van der Waals surface area contributed by atoms with E-state index in [0.29, 0.717) is 11.4 Å². The summed E-state index contributed by atoms with van der Waals surface area (Å²) in [6, 6.07) is 5.07. The molecule has 0 aliphatic heterocycles. The zero-order chi connectivity index (χ0) is 10.1. The zero-order valence-corrected chi connectivity index (χ0v) is 8.35. The van der Waals surface area contributed by atoms with E-state index in [1.54, 1.807) is 18.2 Å². The molecule has 13 heavy (non-hydrogen) atoms. The molecule has 0 radical (unpaired) electrons. The van der Waals surface area contributed by atoms with Crippen molar-refractivity contribution in [3.05, 3.63) is 23.8 Å². The average molecular weight is 200 g/mol. The van der Waals surface area contributed by atoms with Crippen molar-refractivity contribution in [3.8, 4) is 0 Å². The van der Waals surface area contributed by atoms with E-state index < -0.39 is 10.0 Å². The number of nitrogens with one attached hydrogen (secondary N) is 1. The van der Waals surface area contributed by atoms with Crippen molar-refractivity contribution in [2.75, 3.05) is 16.7 Å². The van der Waals surface area contributed by atoms with Crippen LogP contribution in [0.3, 0.4) is 0 Å². The Morgan fingerprint density at radius 1 is 1.31 bits per heavy atom. The van der Waals surface area contributed by atoms with E-state index in [9.17, 15) is 8.42 Å². The van der Waals surface area contributed by atoms with Gasteiger partial charge in [-0.15, -0.1) is 0 Å². The summed E-state index contributed by atoms with van der Waals surface area (Å²) in [6.45, 7) is 1.85. The smallest absolute Gasteiger partial charge is 0.229 e. The second kappa shape index (κ2) is 3.26. The number of anilines is 2. The SMILES string of the molecule is Cc1cc(N)cc(NS(C)(=O)=O)c1. The quantitative estimate of drug-likeness (QED) is 0.698. The van der Waals surface area contributed by atoms with Crippen LogP contribution in [0.2, 0.25) is 0 Å². The molecule has 0 saturated carbocycles. The van der Waals surface area contributed by atoms with Crippen LogP contribution in [-0.4, -0.2) is 14.7 Å². The summed E-state index contributed by atoms with van der Waals surface area (Å²) in [7, 11) is -3.22. The molecule has 0 bridgehead atoms. The van der Waals surface area contributed by atoms with Gasteiger partial charge in [-0.1, -0.05) is 0 Å². The third kappa shape index (κ3) is 3.33. The van der Waals surface area contributed by atoms with E-state index in [1.807, 2.05) is 6.92 Å². The minimum atomic E-state index is -3.22. The molecule has 0 unspecified atom stereocenters. The van der Waals surface area contributed by atoms with Gasteiger partial charge in [-0.2, -0.15) is 0 Å². The summed E-state index contributed by atoms with van der Waals surface area (Å²) in [6.07, 6.45) is 1.10. The maximum Gasteiger partial charge on any atom is 0.229 e. The predicted molar refractivity (Wildman–Crippen MR) is 54.1 cm³/mol. The van der Waals surface area contributed by atoms with Gasteiger partial charge in [0.1, 0.15) is 0 Å². The Morgan fingerprint density at radius 3 is 2.38 bits per heavy atom. The van der Waals surface area contributed by atoms with Crippen LogP contribution in [0.5, 0.6) is 0 Å². The molecule has 0 aromatic heterocycles. The lowest BCUT2D eigenvalue weighted by Gasteiger charge is -2.05. The Balaban J connectivity index is 3.03. The number of benzene rings is 1. The van der Waals surface area contributed by atoms with Gasteiger partial charge in [0.25, 0.3) is 0 Å². The first-order valence-corrected chi connectivity index (χ1v) is 5.61. The number of nitrogens with two attached hydrogens (primary N) is 1. The molecule has 3 N–H and O–H groups in total. The first kappa shape index (κ1) is 9.85. The summed E-state index contributed by atoms with van der Waals surface area (Å²) in [5.74, 6) is 0. The summed E-state index contributed by atoms with van der Waals surface area (Å²) in [5, 5.41) is 0. The van der Waals surface area contributed by atoms with Crippen molar-refractivity contribution in [2.45, 2.75) is 6.92 Å². The first-order valence-electron chi connectivity index (χ1n) is 3.72. The van der Waals surface area contributed by atoms with Gasteiger partial charge in [0.05, 0.1) is 11.9 Å². The van der Waals surface area contributed by atoms with Crippen LogP contribution in [-0.2, 0) is 10.0 Å². The molecule has 0 aliphatic carbocycles. The first-order chi connectivity index (χ1) is 5.87.